The number of thioether (sulfide) groups is 1. The molecule has 1 heterocycles. The molecule has 0 aromatic heterocycles. The van der Waals surface area contributed by atoms with Gasteiger partial charge >= 0.3 is 6.18 Å². The van der Waals surface area contributed by atoms with Gasteiger partial charge in [-0.15, -0.1) is 11.8 Å². The highest BCUT2D eigenvalue weighted by Gasteiger charge is 2.36. The first kappa shape index (κ1) is 18.6. The third kappa shape index (κ3) is 4.72. The highest BCUT2D eigenvalue weighted by atomic mass is 35.5. The van der Waals surface area contributed by atoms with E-state index in [1.165, 1.54) is 23.9 Å². The second-order valence-corrected chi connectivity index (χ2v) is 8.54. The van der Waals surface area contributed by atoms with Gasteiger partial charge in [-0.1, -0.05) is 29.8 Å². The van der Waals surface area contributed by atoms with Gasteiger partial charge in [-0.2, -0.15) is 13.2 Å². The van der Waals surface area contributed by atoms with Crippen LogP contribution in [0.2, 0.25) is 5.02 Å². The first-order valence-electron chi connectivity index (χ1n) is 7.99. The Morgan fingerprint density at radius 2 is 1.88 bits per heavy atom. The minimum atomic E-state index is -4.32. The SMILES string of the molecule is CC1(Sc2cccc(C(F)(F)F)c2)CCOC(c2ccc(Cl)cc2)C1. The Labute approximate surface area is 154 Å². The van der Waals surface area contributed by atoms with E-state index in [0.29, 0.717) is 16.5 Å². The molecule has 1 aliphatic rings. The van der Waals surface area contributed by atoms with Crippen LogP contribution in [-0.4, -0.2) is 11.4 Å². The summed E-state index contributed by atoms with van der Waals surface area (Å²) in [4.78, 5) is 0.633. The van der Waals surface area contributed by atoms with Crippen LogP contribution in [0, 0.1) is 0 Å². The zero-order valence-electron chi connectivity index (χ0n) is 13.6. The van der Waals surface area contributed by atoms with E-state index in [4.69, 9.17) is 16.3 Å². The molecule has 0 bridgehead atoms. The van der Waals surface area contributed by atoms with E-state index in [1.54, 1.807) is 6.07 Å². The largest absolute Gasteiger partial charge is 0.416 e. The molecule has 134 valence electrons. The number of halogens is 4. The molecule has 3 rings (SSSR count). The lowest BCUT2D eigenvalue weighted by Gasteiger charge is -2.38. The van der Waals surface area contributed by atoms with Crippen LogP contribution in [0.3, 0.4) is 0 Å². The van der Waals surface area contributed by atoms with Crippen molar-refractivity contribution in [1.82, 2.24) is 0 Å². The molecule has 25 heavy (non-hydrogen) atoms. The van der Waals surface area contributed by atoms with E-state index in [2.05, 4.69) is 6.92 Å². The van der Waals surface area contributed by atoms with Gasteiger partial charge in [0.2, 0.25) is 0 Å². The van der Waals surface area contributed by atoms with Gasteiger partial charge in [0, 0.05) is 21.3 Å². The number of hydrogen-bond donors (Lipinski definition) is 0. The van der Waals surface area contributed by atoms with Gasteiger partial charge in [-0.3, -0.25) is 0 Å². The molecule has 0 N–H and O–H groups in total. The molecule has 0 radical (unpaired) electrons. The Balaban J connectivity index is 1.76. The molecule has 6 heteroatoms. The molecular weight excluding hydrogens is 369 g/mol. The summed E-state index contributed by atoms with van der Waals surface area (Å²) in [5, 5.41) is 0.667. The molecule has 0 aliphatic carbocycles. The second kappa shape index (κ2) is 7.22. The molecule has 2 aromatic carbocycles. The number of benzene rings is 2. The fourth-order valence-corrected chi connectivity index (χ4v) is 4.42. The summed E-state index contributed by atoms with van der Waals surface area (Å²) in [7, 11) is 0. The van der Waals surface area contributed by atoms with Crippen LogP contribution in [0.1, 0.15) is 37.0 Å². The smallest absolute Gasteiger partial charge is 0.373 e. The molecule has 2 unspecified atom stereocenters. The van der Waals surface area contributed by atoms with Gasteiger partial charge in [-0.25, -0.2) is 0 Å². The zero-order valence-corrected chi connectivity index (χ0v) is 15.2. The van der Waals surface area contributed by atoms with Gasteiger partial charge < -0.3 is 4.74 Å². The van der Waals surface area contributed by atoms with Crippen LogP contribution in [-0.2, 0) is 10.9 Å². The summed E-state index contributed by atoms with van der Waals surface area (Å²) in [5.74, 6) is 0. The molecule has 1 fully saturated rings. The summed E-state index contributed by atoms with van der Waals surface area (Å²) < 4.78 is 44.4. The predicted octanol–water partition coefficient (Wildman–Crippen LogP) is 6.76. The molecule has 0 amide bonds. The molecule has 2 aromatic rings. The highest BCUT2D eigenvalue weighted by molar-refractivity contribution is 8.00. The first-order valence-corrected chi connectivity index (χ1v) is 9.18. The van der Waals surface area contributed by atoms with E-state index >= 15 is 0 Å². The van der Waals surface area contributed by atoms with Crippen molar-refractivity contribution in [3.63, 3.8) is 0 Å². The lowest BCUT2D eigenvalue weighted by Crippen LogP contribution is -2.31. The van der Waals surface area contributed by atoms with E-state index < -0.39 is 11.7 Å². The monoisotopic (exact) mass is 386 g/mol. The maximum atomic E-state index is 12.9. The van der Waals surface area contributed by atoms with Gasteiger partial charge in [0.25, 0.3) is 0 Å². The van der Waals surface area contributed by atoms with Crippen LogP contribution < -0.4 is 0 Å². The lowest BCUT2D eigenvalue weighted by molar-refractivity contribution is -0.137. The molecule has 1 saturated heterocycles. The molecular formula is C19H18ClF3OS. The van der Waals surface area contributed by atoms with Crippen molar-refractivity contribution in [3.05, 3.63) is 64.7 Å². The van der Waals surface area contributed by atoms with E-state index in [0.717, 1.165) is 24.5 Å². The fourth-order valence-electron chi connectivity index (χ4n) is 2.97. The van der Waals surface area contributed by atoms with Crippen LogP contribution in [0.15, 0.2) is 53.4 Å². The molecule has 0 saturated carbocycles. The quantitative estimate of drug-likeness (QED) is 0.576. The third-order valence-corrected chi connectivity index (χ3v) is 5.94. The number of ether oxygens (including phenoxy) is 1. The standard InChI is InChI=1S/C19H18ClF3OS/c1-18(25-16-4-2-3-14(11-16)19(21,22)23)9-10-24-17(12-18)13-5-7-15(20)8-6-13/h2-8,11,17H,9-10,12H2,1H3. The van der Waals surface area contributed by atoms with Crippen molar-refractivity contribution in [2.24, 2.45) is 0 Å². The molecule has 2 atom stereocenters. The van der Waals surface area contributed by atoms with Gasteiger partial charge in [-0.05, 0) is 55.7 Å². The normalized spacial score (nSPS) is 24.3. The van der Waals surface area contributed by atoms with Crippen molar-refractivity contribution in [3.8, 4) is 0 Å². The maximum Gasteiger partial charge on any atom is 0.416 e. The maximum absolute atomic E-state index is 12.9. The minimum Gasteiger partial charge on any atom is -0.373 e. The van der Waals surface area contributed by atoms with Crippen molar-refractivity contribution in [1.29, 1.82) is 0 Å². The Bertz CT molecular complexity index is 732. The predicted molar refractivity (Wildman–Crippen MR) is 95.1 cm³/mol. The summed E-state index contributed by atoms with van der Waals surface area (Å²) in [6, 6.07) is 13.1. The zero-order chi connectivity index (χ0) is 18.1. The van der Waals surface area contributed by atoms with Crippen molar-refractivity contribution >= 4 is 23.4 Å². The summed E-state index contributed by atoms with van der Waals surface area (Å²) in [5.41, 5.74) is 0.433. The Morgan fingerprint density at radius 3 is 2.56 bits per heavy atom. The van der Waals surface area contributed by atoms with Crippen molar-refractivity contribution in [2.45, 2.75) is 41.7 Å². The first-order chi connectivity index (χ1) is 11.8. The average molecular weight is 387 g/mol. The number of hydrogen-bond acceptors (Lipinski definition) is 2. The van der Waals surface area contributed by atoms with E-state index in [-0.39, 0.29) is 10.9 Å². The lowest BCUT2D eigenvalue weighted by atomic mass is 9.92. The van der Waals surface area contributed by atoms with Gasteiger partial charge in [0.05, 0.1) is 11.7 Å². The van der Waals surface area contributed by atoms with Gasteiger partial charge in [0.15, 0.2) is 0 Å². The number of rotatable bonds is 3. The third-order valence-electron chi connectivity index (χ3n) is 4.33. The van der Waals surface area contributed by atoms with Gasteiger partial charge in [0.1, 0.15) is 0 Å². The highest BCUT2D eigenvalue weighted by Crippen LogP contribution is 2.46. The summed E-state index contributed by atoms with van der Waals surface area (Å²) in [6.45, 7) is 2.67. The van der Waals surface area contributed by atoms with E-state index in [9.17, 15) is 13.2 Å². The Hall–Kier alpha value is -1.17. The molecule has 1 nitrogen and oxygen atoms in total. The second-order valence-electron chi connectivity index (χ2n) is 6.44. The number of alkyl halides is 3. The van der Waals surface area contributed by atoms with Crippen LogP contribution in [0.4, 0.5) is 13.2 Å². The topological polar surface area (TPSA) is 9.23 Å². The Kier molecular flexibility index (Phi) is 5.37. The minimum absolute atomic E-state index is 0.0747. The summed E-state index contributed by atoms with van der Waals surface area (Å²) in [6.07, 6.45) is -2.87. The van der Waals surface area contributed by atoms with Crippen LogP contribution in [0.5, 0.6) is 0 Å². The van der Waals surface area contributed by atoms with Crippen LogP contribution >= 0.6 is 23.4 Å². The Morgan fingerprint density at radius 1 is 1.16 bits per heavy atom. The average Bonchev–Trinajstić information content (AvgIpc) is 2.54. The van der Waals surface area contributed by atoms with Crippen molar-refractivity contribution < 1.29 is 17.9 Å². The summed E-state index contributed by atoms with van der Waals surface area (Å²) >= 11 is 7.42. The van der Waals surface area contributed by atoms with E-state index in [1.807, 2.05) is 24.3 Å². The molecule has 0 spiro atoms. The van der Waals surface area contributed by atoms with Crippen LogP contribution in [0.25, 0.3) is 0 Å². The fraction of sp³-hybridized carbons (Fsp3) is 0.368. The molecule has 1 aliphatic heterocycles. The van der Waals surface area contributed by atoms with Crippen molar-refractivity contribution in [2.75, 3.05) is 6.61 Å².